The summed E-state index contributed by atoms with van der Waals surface area (Å²) >= 11 is 0. The first-order chi connectivity index (χ1) is 10.5. The van der Waals surface area contributed by atoms with Crippen LogP contribution < -0.4 is 11.1 Å². The van der Waals surface area contributed by atoms with Crippen molar-refractivity contribution in [1.82, 2.24) is 5.32 Å². The van der Waals surface area contributed by atoms with Crippen molar-refractivity contribution in [1.29, 1.82) is 0 Å². The van der Waals surface area contributed by atoms with Gasteiger partial charge in [0.1, 0.15) is 0 Å². The van der Waals surface area contributed by atoms with Gasteiger partial charge < -0.3 is 26.0 Å². The Labute approximate surface area is 137 Å². The summed E-state index contributed by atoms with van der Waals surface area (Å²) in [6.07, 6.45) is 1.69. The normalized spacial score (nSPS) is 22.5. The minimum absolute atomic E-state index is 0.0219. The molecule has 1 fully saturated rings. The number of aliphatic hydroxyl groups excluding tert-OH is 1. The van der Waals surface area contributed by atoms with E-state index in [1.54, 1.807) is 0 Å². The van der Waals surface area contributed by atoms with E-state index in [9.17, 15) is 14.7 Å². The Balaban J connectivity index is 2.57. The predicted molar refractivity (Wildman–Crippen MR) is 85.8 cm³/mol. The number of carboxylic acid groups (broad SMARTS) is 1. The zero-order valence-corrected chi connectivity index (χ0v) is 14.5. The molecule has 7 heteroatoms. The molecule has 1 unspecified atom stereocenters. The smallest absolute Gasteiger partial charge is 0.305 e. The van der Waals surface area contributed by atoms with Crippen molar-refractivity contribution in [3.8, 4) is 0 Å². The van der Waals surface area contributed by atoms with Gasteiger partial charge in [0, 0.05) is 0 Å². The molecule has 0 saturated heterocycles. The summed E-state index contributed by atoms with van der Waals surface area (Å²) in [6.45, 7) is 8.49. The van der Waals surface area contributed by atoms with Gasteiger partial charge in [0.15, 0.2) is 0 Å². The highest BCUT2D eigenvalue weighted by Crippen LogP contribution is 2.50. The van der Waals surface area contributed by atoms with Crippen LogP contribution in [-0.4, -0.2) is 53.5 Å². The molecule has 1 amide bonds. The lowest BCUT2D eigenvalue weighted by Crippen LogP contribution is -2.50. The molecule has 0 spiro atoms. The highest BCUT2D eigenvalue weighted by atomic mass is 16.5. The van der Waals surface area contributed by atoms with Crippen molar-refractivity contribution in [3.05, 3.63) is 0 Å². The molecular formula is C16H30N2O5. The van der Waals surface area contributed by atoms with Crippen molar-refractivity contribution in [3.63, 3.8) is 0 Å². The Morgan fingerprint density at radius 1 is 1.26 bits per heavy atom. The minimum Gasteiger partial charge on any atom is -0.481 e. The summed E-state index contributed by atoms with van der Waals surface area (Å²) in [6, 6.07) is -1.74. The first-order valence-corrected chi connectivity index (χ1v) is 8.00. The van der Waals surface area contributed by atoms with Crippen LogP contribution in [0.2, 0.25) is 0 Å². The summed E-state index contributed by atoms with van der Waals surface area (Å²) < 4.78 is 6.02. The summed E-state index contributed by atoms with van der Waals surface area (Å²) in [4.78, 5) is 22.4. The lowest BCUT2D eigenvalue weighted by Gasteiger charge is -2.36. The molecule has 0 aromatic heterocycles. The molecule has 1 aliphatic rings. The third-order valence-corrected chi connectivity index (χ3v) is 4.60. The van der Waals surface area contributed by atoms with E-state index in [-0.39, 0.29) is 30.1 Å². The van der Waals surface area contributed by atoms with Crippen LogP contribution in [0.4, 0.5) is 0 Å². The SMILES string of the molecule is CC1(C)CCC(C)(C)C1OCC(CO)NC(=O)[C@@H](N)CC(=O)O. The minimum atomic E-state index is -1.14. The van der Waals surface area contributed by atoms with E-state index in [1.165, 1.54) is 0 Å². The molecule has 0 radical (unpaired) electrons. The van der Waals surface area contributed by atoms with Crippen LogP contribution in [0.5, 0.6) is 0 Å². The summed E-state index contributed by atoms with van der Waals surface area (Å²) in [5.41, 5.74) is 5.58. The molecule has 134 valence electrons. The average molecular weight is 330 g/mol. The topological polar surface area (TPSA) is 122 Å². The summed E-state index contributed by atoms with van der Waals surface area (Å²) in [5, 5.41) is 20.6. The molecule has 1 rings (SSSR count). The van der Waals surface area contributed by atoms with Gasteiger partial charge in [-0.3, -0.25) is 9.59 Å². The van der Waals surface area contributed by atoms with E-state index >= 15 is 0 Å². The largest absolute Gasteiger partial charge is 0.481 e. The summed E-state index contributed by atoms with van der Waals surface area (Å²) in [7, 11) is 0. The van der Waals surface area contributed by atoms with Crippen LogP contribution in [0.15, 0.2) is 0 Å². The van der Waals surface area contributed by atoms with Gasteiger partial charge in [0.25, 0.3) is 0 Å². The Kier molecular flexibility index (Phi) is 6.56. The van der Waals surface area contributed by atoms with Gasteiger partial charge in [-0.25, -0.2) is 0 Å². The fourth-order valence-corrected chi connectivity index (χ4v) is 3.36. The average Bonchev–Trinajstić information content (AvgIpc) is 2.63. The van der Waals surface area contributed by atoms with Crippen molar-refractivity contribution in [2.45, 2.75) is 65.1 Å². The maximum atomic E-state index is 11.8. The summed E-state index contributed by atoms with van der Waals surface area (Å²) in [5.74, 6) is -1.74. The van der Waals surface area contributed by atoms with Crippen molar-refractivity contribution in [2.75, 3.05) is 13.2 Å². The van der Waals surface area contributed by atoms with Gasteiger partial charge in [-0.1, -0.05) is 27.7 Å². The van der Waals surface area contributed by atoms with Crippen LogP contribution in [0.1, 0.15) is 47.0 Å². The van der Waals surface area contributed by atoms with E-state index in [2.05, 4.69) is 33.0 Å². The standard InChI is InChI=1S/C16H30N2O5/c1-15(2)5-6-16(3,4)14(15)23-9-10(8-19)18-13(22)11(17)7-12(20)21/h10-11,14,19H,5-9,17H2,1-4H3,(H,18,22)(H,20,21)/t10?,11-/m0/s1. The number of rotatable bonds is 8. The van der Waals surface area contributed by atoms with E-state index in [1.807, 2.05) is 0 Å². The molecule has 0 aromatic carbocycles. The Bertz CT molecular complexity index is 420. The number of carbonyl (C=O) groups excluding carboxylic acids is 1. The maximum Gasteiger partial charge on any atom is 0.305 e. The Morgan fingerprint density at radius 3 is 2.22 bits per heavy atom. The van der Waals surface area contributed by atoms with Crippen LogP contribution >= 0.6 is 0 Å². The van der Waals surface area contributed by atoms with Gasteiger partial charge in [0.2, 0.25) is 5.91 Å². The lowest BCUT2D eigenvalue weighted by molar-refractivity contribution is -0.139. The number of ether oxygens (including phenoxy) is 1. The molecule has 5 N–H and O–H groups in total. The number of carbonyl (C=O) groups is 2. The Morgan fingerprint density at radius 2 is 1.78 bits per heavy atom. The number of amides is 1. The van der Waals surface area contributed by atoms with Crippen LogP contribution in [0.3, 0.4) is 0 Å². The number of aliphatic hydroxyl groups is 1. The van der Waals surface area contributed by atoms with Crippen LogP contribution in [0, 0.1) is 10.8 Å². The fraction of sp³-hybridized carbons (Fsp3) is 0.875. The zero-order chi connectivity index (χ0) is 17.8. The molecule has 2 atom stereocenters. The first kappa shape index (κ1) is 19.9. The molecular weight excluding hydrogens is 300 g/mol. The molecule has 0 bridgehead atoms. The second-order valence-corrected chi connectivity index (χ2v) is 7.78. The van der Waals surface area contributed by atoms with Gasteiger partial charge in [-0.15, -0.1) is 0 Å². The number of carboxylic acids is 1. The maximum absolute atomic E-state index is 11.8. The van der Waals surface area contributed by atoms with E-state index in [0.29, 0.717) is 0 Å². The third kappa shape index (κ3) is 5.44. The zero-order valence-electron chi connectivity index (χ0n) is 14.5. The number of aliphatic carboxylic acids is 1. The highest BCUT2D eigenvalue weighted by molar-refractivity contribution is 5.86. The number of hydrogen-bond acceptors (Lipinski definition) is 5. The van der Waals surface area contributed by atoms with Crippen molar-refractivity contribution < 1.29 is 24.5 Å². The number of nitrogens with two attached hydrogens (primary N) is 1. The fourth-order valence-electron chi connectivity index (χ4n) is 3.36. The van der Waals surface area contributed by atoms with Crippen LogP contribution in [-0.2, 0) is 14.3 Å². The molecule has 0 aromatic rings. The monoisotopic (exact) mass is 330 g/mol. The van der Waals surface area contributed by atoms with Gasteiger partial charge in [-0.05, 0) is 23.7 Å². The lowest BCUT2D eigenvalue weighted by atomic mass is 9.81. The van der Waals surface area contributed by atoms with Gasteiger partial charge in [0.05, 0.1) is 37.8 Å². The Hall–Kier alpha value is -1.18. The van der Waals surface area contributed by atoms with Crippen molar-refractivity contribution in [2.24, 2.45) is 16.6 Å². The number of hydrogen-bond donors (Lipinski definition) is 4. The second-order valence-electron chi connectivity index (χ2n) is 7.78. The molecule has 0 heterocycles. The molecule has 1 saturated carbocycles. The molecule has 7 nitrogen and oxygen atoms in total. The molecule has 1 aliphatic carbocycles. The second kappa shape index (κ2) is 7.59. The number of nitrogens with one attached hydrogen (secondary N) is 1. The van der Waals surface area contributed by atoms with Gasteiger partial charge >= 0.3 is 5.97 Å². The molecule has 0 aliphatic heterocycles. The predicted octanol–water partition coefficient (Wildman–Crippen LogP) is 0.497. The van der Waals surface area contributed by atoms with E-state index < -0.39 is 30.4 Å². The highest BCUT2D eigenvalue weighted by Gasteiger charge is 2.48. The first-order valence-electron chi connectivity index (χ1n) is 8.00. The quantitative estimate of drug-likeness (QED) is 0.514. The van der Waals surface area contributed by atoms with Crippen LogP contribution in [0.25, 0.3) is 0 Å². The third-order valence-electron chi connectivity index (χ3n) is 4.60. The van der Waals surface area contributed by atoms with E-state index in [0.717, 1.165) is 12.8 Å². The molecule has 23 heavy (non-hydrogen) atoms. The van der Waals surface area contributed by atoms with E-state index in [4.69, 9.17) is 15.6 Å². The van der Waals surface area contributed by atoms with Gasteiger partial charge in [-0.2, -0.15) is 0 Å². The van der Waals surface area contributed by atoms with Crippen molar-refractivity contribution >= 4 is 11.9 Å².